The predicted octanol–water partition coefficient (Wildman–Crippen LogP) is 2.12. The number of carbonyl (C=O) groups is 1. The molecule has 2 rings (SSSR count). The maximum atomic E-state index is 12.8. The lowest BCUT2D eigenvalue weighted by Crippen LogP contribution is -2.07. The van der Waals surface area contributed by atoms with Crippen molar-refractivity contribution in [2.75, 3.05) is 39.9 Å². The third-order valence-electron chi connectivity index (χ3n) is 3.61. The molecule has 7 heteroatoms. The summed E-state index contributed by atoms with van der Waals surface area (Å²) >= 11 is 0. The van der Waals surface area contributed by atoms with E-state index < -0.39 is 0 Å². The van der Waals surface area contributed by atoms with Gasteiger partial charge in [0.2, 0.25) is 0 Å². The van der Waals surface area contributed by atoms with Gasteiger partial charge in [0.15, 0.2) is 5.78 Å². The zero-order valence-corrected chi connectivity index (χ0v) is 14.0. The summed E-state index contributed by atoms with van der Waals surface area (Å²) in [6.45, 7) is 0. The van der Waals surface area contributed by atoms with Crippen LogP contribution < -0.4 is 30.4 Å². The molecule has 0 spiro atoms. The van der Waals surface area contributed by atoms with Crippen LogP contribution in [0.1, 0.15) is 15.9 Å². The van der Waals surface area contributed by atoms with Gasteiger partial charge in [-0.25, -0.2) is 0 Å². The van der Waals surface area contributed by atoms with Gasteiger partial charge in [0.25, 0.3) is 0 Å². The fourth-order valence-corrected chi connectivity index (χ4v) is 2.31. The number of hydrogen-bond acceptors (Lipinski definition) is 7. The summed E-state index contributed by atoms with van der Waals surface area (Å²) in [4.78, 5) is 12.8. The zero-order valence-electron chi connectivity index (χ0n) is 14.0. The molecule has 7 nitrogen and oxygen atoms in total. The number of hydrogen-bond donors (Lipinski definition) is 2. The van der Waals surface area contributed by atoms with E-state index in [0.717, 1.165) is 0 Å². The highest BCUT2D eigenvalue weighted by molar-refractivity contribution is 6.10. The van der Waals surface area contributed by atoms with Gasteiger partial charge in [0.05, 0.1) is 28.4 Å². The van der Waals surface area contributed by atoms with E-state index in [1.807, 2.05) is 0 Å². The molecule has 0 unspecified atom stereocenters. The molecule has 0 saturated heterocycles. The molecule has 128 valence electrons. The molecule has 0 amide bonds. The van der Waals surface area contributed by atoms with E-state index in [0.29, 0.717) is 45.5 Å². The highest BCUT2D eigenvalue weighted by atomic mass is 16.5. The van der Waals surface area contributed by atoms with Crippen molar-refractivity contribution >= 4 is 17.2 Å². The smallest absolute Gasteiger partial charge is 0.193 e. The molecule has 2 aromatic carbocycles. The number of anilines is 2. The van der Waals surface area contributed by atoms with Crippen LogP contribution in [0.15, 0.2) is 24.3 Å². The summed E-state index contributed by atoms with van der Waals surface area (Å²) in [5.41, 5.74) is 13.2. The van der Waals surface area contributed by atoms with Crippen LogP contribution in [0, 0.1) is 0 Å². The molecular formula is C17H20N2O5. The molecule has 0 atom stereocenters. The van der Waals surface area contributed by atoms with Gasteiger partial charge < -0.3 is 30.4 Å². The number of ketones is 1. The van der Waals surface area contributed by atoms with Crippen LogP contribution in [0.4, 0.5) is 11.4 Å². The first-order valence-electron chi connectivity index (χ1n) is 7.04. The molecule has 24 heavy (non-hydrogen) atoms. The second-order valence-electron chi connectivity index (χ2n) is 4.92. The fraction of sp³-hybridized carbons (Fsp3) is 0.235. The average molecular weight is 332 g/mol. The van der Waals surface area contributed by atoms with E-state index in [9.17, 15) is 4.79 Å². The van der Waals surface area contributed by atoms with E-state index in [-0.39, 0.29) is 5.78 Å². The van der Waals surface area contributed by atoms with Gasteiger partial charge in [-0.2, -0.15) is 0 Å². The van der Waals surface area contributed by atoms with Crippen molar-refractivity contribution in [2.45, 2.75) is 0 Å². The maximum absolute atomic E-state index is 12.8. The van der Waals surface area contributed by atoms with Crippen molar-refractivity contribution < 1.29 is 23.7 Å². The highest BCUT2D eigenvalue weighted by Gasteiger charge is 2.19. The van der Waals surface area contributed by atoms with Crippen LogP contribution in [-0.4, -0.2) is 34.2 Å². The Bertz CT molecular complexity index is 660. The van der Waals surface area contributed by atoms with Gasteiger partial charge in [0, 0.05) is 11.1 Å². The van der Waals surface area contributed by atoms with E-state index in [1.165, 1.54) is 28.4 Å². The SMILES string of the molecule is COc1cc(C(=O)c2cc(OC)c(N)c(OC)c2)cc(OC)c1N. The molecule has 0 aliphatic carbocycles. The van der Waals surface area contributed by atoms with Crippen molar-refractivity contribution in [3.05, 3.63) is 35.4 Å². The molecule has 0 fully saturated rings. The third kappa shape index (κ3) is 3.01. The lowest BCUT2D eigenvalue weighted by atomic mass is 10.0. The molecule has 0 aromatic heterocycles. The van der Waals surface area contributed by atoms with E-state index in [1.54, 1.807) is 24.3 Å². The van der Waals surface area contributed by atoms with Crippen LogP contribution in [0.2, 0.25) is 0 Å². The van der Waals surface area contributed by atoms with Crippen molar-refractivity contribution in [3.63, 3.8) is 0 Å². The standard InChI is InChI=1S/C17H20N2O5/c1-21-11-5-9(6-12(22-2)15(11)18)17(20)10-7-13(23-3)16(19)14(8-10)24-4/h5-8H,18-19H2,1-4H3. The molecule has 0 aliphatic rings. The first kappa shape index (κ1) is 17.3. The molecule has 0 aliphatic heterocycles. The Labute approximate surface area is 140 Å². The van der Waals surface area contributed by atoms with Crippen molar-refractivity contribution in [1.29, 1.82) is 0 Å². The monoisotopic (exact) mass is 332 g/mol. The van der Waals surface area contributed by atoms with Crippen LogP contribution in [0.3, 0.4) is 0 Å². The van der Waals surface area contributed by atoms with Gasteiger partial charge in [-0.3, -0.25) is 4.79 Å². The van der Waals surface area contributed by atoms with Gasteiger partial charge >= 0.3 is 0 Å². The Hall–Kier alpha value is -3.09. The fourth-order valence-electron chi connectivity index (χ4n) is 2.31. The first-order valence-corrected chi connectivity index (χ1v) is 7.04. The summed E-state index contributed by atoms with van der Waals surface area (Å²) in [5, 5.41) is 0. The molecule has 0 saturated carbocycles. The predicted molar refractivity (Wildman–Crippen MR) is 91.3 cm³/mol. The second kappa shape index (κ2) is 6.99. The molecule has 0 radical (unpaired) electrons. The Balaban J connectivity index is 2.57. The van der Waals surface area contributed by atoms with Crippen LogP contribution in [-0.2, 0) is 0 Å². The number of nitrogens with two attached hydrogens (primary N) is 2. The van der Waals surface area contributed by atoms with E-state index in [2.05, 4.69) is 0 Å². The lowest BCUT2D eigenvalue weighted by molar-refractivity contribution is 0.103. The average Bonchev–Trinajstić information content (AvgIpc) is 2.61. The second-order valence-corrected chi connectivity index (χ2v) is 4.92. The minimum absolute atomic E-state index is 0.275. The largest absolute Gasteiger partial charge is 0.494 e. The number of ether oxygens (including phenoxy) is 4. The Morgan fingerprint density at radius 3 is 1.12 bits per heavy atom. The summed E-state index contributed by atoms with van der Waals surface area (Å²) in [7, 11) is 5.87. The molecule has 0 bridgehead atoms. The van der Waals surface area contributed by atoms with Gasteiger partial charge in [-0.15, -0.1) is 0 Å². The first-order chi connectivity index (χ1) is 11.5. The quantitative estimate of drug-likeness (QED) is 0.616. The van der Waals surface area contributed by atoms with Gasteiger partial charge in [0.1, 0.15) is 34.4 Å². The Morgan fingerprint density at radius 2 is 0.917 bits per heavy atom. The topological polar surface area (TPSA) is 106 Å². The minimum atomic E-state index is -0.275. The van der Waals surface area contributed by atoms with Gasteiger partial charge in [-0.05, 0) is 24.3 Å². The van der Waals surface area contributed by atoms with Crippen LogP contribution in [0.5, 0.6) is 23.0 Å². The number of methoxy groups -OCH3 is 4. The lowest BCUT2D eigenvalue weighted by Gasteiger charge is -2.14. The van der Waals surface area contributed by atoms with Crippen molar-refractivity contribution in [3.8, 4) is 23.0 Å². The molecule has 4 N–H and O–H groups in total. The number of rotatable bonds is 6. The third-order valence-corrected chi connectivity index (χ3v) is 3.61. The zero-order chi connectivity index (χ0) is 17.9. The molecule has 0 heterocycles. The summed E-state index contributed by atoms with van der Waals surface area (Å²) in [6.07, 6.45) is 0. The molecular weight excluding hydrogens is 312 g/mol. The number of benzene rings is 2. The summed E-state index contributed by atoms with van der Waals surface area (Å²) < 4.78 is 20.8. The summed E-state index contributed by atoms with van der Waals surface area (Å²) in [5.74, 6) is 1.14. The van der Waals surface area contributed by atoms with E-state index in [4.69, 9.17) is 30.4 Å². The maximum Gasteiger partial charge on any atom is 0.193 e. The van der Waals surface area contributed by atoms with Crippen molar-refractivity contribution in [1.82, 2.24) is 0 Å². The van der Waals surface area contributed by atoms with Gasteiger partial charge in [-0.1, -0.05) is 0 Å². The molecule has 2 aromatic rings. The highest BCUT2D eigenvalue weighted by Crippen LogP contribution is 2.36. The van der Waals surface area contributed by atoms with E-state index >= 15 is 0 Å². The number of nitrogen functional groups attached to an aromatic ring is 2. The van der Waals surface area contributed by atoms with Crippen LogP contribution in [0.25, 0.3) is 0 Å². The van der Waals surface area contributed by atoms with Crippen molar-refractivity contribution in [2.24, 2.45) is 0 Å². The Morgan fingerprint density at radius 1 is 0.667 bits per heavy atom. The normalized spacial score (nSPS) is 10.2. The minimum Gasteiger partial charge on any atom is -0.494 e. The Kier molecular flexibility index (Phi) is 5.03. The number of carbonyl (C=O) groups excluding carboxylic acids is 1. The summed E-state index contributed by atoms with van der Waals surface area (Å²) in [6, 6.07) is 6.20. The van der Waals surface area contributed by atoms with Crippen LogP contribution >= 0.6 is 0 Å².